The van der Waals surface area contributed by atoms with Gasteiger partial charge in [0.1, 0.15) is 11.3 Å². The fourth-order valence-corrected chi connectivity index (χ4v) is 3.46. The first kappa shape index (κ1) is 21.0. The zero-order valence-corrected chi connectivity index (χ0v) is 16.9. The van der Waals surface area contributed by atoms with Gasteiger partial charge in [0.2, 0.25) is 0 Å². The summed E-state index contributed by atoms with van der Waals surface area (Å²) in [6, 6.07) is 3.50. The van der Waals surface area contributed by atoms with Crippen LogP contribution >= 0.6 is 0 Å². The summed E-state index contributed by atoms with van der Waals surface area (Å²) < 4.78 is 50.9. The fourth-order valence-electron chi connectivity index (χ4n) is 3.46. The highest BCUT2D eigenvalue weighted by Gasteiger charge is 2.57. The van der Waals surface area contributed by atoms with Crippen molar-refractivity contribution in [2.45, 2.75) is 51.1 Å². The molecule has 1 aromatic heterocycles. The first-order valence-corrected chi connectivity index (χ1v) is 9.49. The molecule has 0 saturated carbocycles. The van der Waals surface area contributed by atoms with E-state index in [-0.39, 0.29) is 29.6 Å². The second kappa shape index (κ2) is 6.91. The van der Waals surface area contributed by atoms with Crippen LogP contribution in [-0.4, -0.2) is 33.6 Å². The Kier molecular flexibility index (Phi) is 4.69. The summed E-state index contributed by atoms with van der Waals surface area (Å²) in [6.45, 7) is 4.22. The van der Waals surface area contributed by atoms with Crippen molar-refractivity contribution in [3.05, 3.63) is 41.7 Å². The number of anilines is 1. The lowest BCUT2D eigenvalue weighted by atomic mass is 9.93. The van der Waals surface area contributed by atoms with E-state index in [1.165, 1.54) is 30.6 Å². The summed E-state index contributed by atoms with van der Waals surface area (Å²) in [7, 11) is 0. The molecule has 1 N–H and O–H groups in total. The van der Waals surface area contributed by atoms with Crippen LogP contribution in [0.4, 0.5) is 23.7 Å². The molecule has 31 heavy (non-hydrogen) atoms. The Morgan fingerprint density at radius 3 is 2.48 bits per heavy atom. The van der Waals surface area contributed by atoms with Crippen LogP contribution in [0.3, 0.4) is 0 Å². The number of amides is 3. The van der Waals surface area contributed by atoms with Crippen molar-refractivity contribution >= 4 is 17.6 Å². The number of nitrogens with zero attached hydrogens (tertiary/aromatic N) is 3. The molecule has 3 heterocycles. The number of halogens is 3. The Morgan fingerprint density at radius 2 is 1.90 bits per heavy atom. The minimum Gasteiger partial charge on any atom is -0.424 e. The molecule has 0 unspecified atom stereocenters. The van der Waals surface area contributed by atoms with Crippen LogP contribution in [0.2, 0.25) is 0 Å². The Hall–Kier alpha value is -3.21. The van der Waals surface area contributed by atoms with Crippen LogP contribution in [0.1, 0.15) is 38.3 Å². The van der Waals surface area contributed by atoms with Crippen LogP contribution in [0.25, 0.3) is 0 Å². The molecule has 4 rings (SSSR count). The molecule has 1 aromatic carbocycles. The Bertz CT molecular complexity index is 1060. The summed E-state index contributed by atoms with van der Waals surface area (Å²) in [6.07, 6.45) is -1.71. The zero-order valence-electron chi connectivity index (χ0n) is 16.9. The maximum Gasteiger partial charge on any atom is 0.421 e. The van der Waals surface area contributed by atoms with Gasteiger partial charge in [-0.05, 0) is 38.0 Å². The molecule has 0 bridgehead atoms. The van der Waals surface area contributed by atoms with E-state index in [1.807, 2.05) is 0 Å². The van der Waals surface area contributed by atoms with Crippen LogP contribution < -0.4 is 15.0 Å². The van der Waals surface area contributed by atoms with Gasteiger partial charge in [0.05, 0.1) is 24.7 Å². The van der Waals surface area contributed by atoms with E-state index in [4.69, 9.17) is 9.47 Å². The second-order valence-corrected chi connectivity index (χ2v) is 7.72. The average Bonchev–Trinajstić information content (AvgIpc) is 3.17. The van der Waals surface area contributed by atoms with Gasteiger partial charge in [0.25, 0.3) is 5.91 Å². The largest absolute Gasteiger partial charge is 0.424 e. The van der Waals surface area contributed by atoms with Gasteiger partial charge in [-0.1, -0.05) is 13.0 Å². The Labute approximate surface area is 175 Å². The number of carbonyl (C=O) groups is 2. The number of ether oxygens (including phenoxy) is 2. The Morgan fingerprint density at radius 1 is 1.23 bits per heavy atom. The number of alkyl halides is 3. The zero-order chi connectivity index (χ0) is 22.6. The molecule has 2 atom stereocenters. The summed E-state index contributed by atoms with van der Waals surface area (Å²) in [5.74, 6) is -0.330. The third-order valence-corrected chi connectivity index (χ3v) is 5.70. The number of urea groups is 1. The van der Waals surface area contributed by atoms with Crippen LogP contribution in [0, 0.1) is 0 Å². The molecule has 2 aromatic rings. The third-order valence-electron chi connectivity index (χ3n) is 5.70. The van der Waals surface area contributed by atoms with Crippen LogP contribution in [0.15, 0.2) is 30.6 Å². The number of hydrogen-bond donors (Lipinski definition) is 1. The van der Waals surface area contributed by atoms with Crippen molar-refractivity contribution in [3.8, 4) is 11.8 Å². The van der Waals surface area contributed by atoms with E-state index >= 15 is 0 Å². The standard InChI is InChI=1S/C20H19F3N4O4/c1-4-18(2)15(28)27(17(29)26-18)12-8-24-16(25-9-12)31-13-6-5-11-10-30-19(3,14(11)7-13)20(21,22)23/h5-9H,4,10H2,1-3H3,(H,26,29)/t18-,19+/m1/s1. The SMILES string of the molecule is CC[C@@]1(C)NC(=O)N(c2cnc(Oc3ccc4c(c3)[C@@](C)(C(F)(F)F)OC4)nc2)C1=O. The summed E-state index contributed by atoms with van der Waals surface area (Å²) >= 11 is 0. The van der Waals surface area contributed by atoms with Crippen LogP contribution in [0.5, 0.6) is 11.8 Å². The van der Waals surface area contributed by atoms with Crippen molar-refractivity contribution in [1.29, 1.82) is 0 Å². The van der Waals surface area contributed by atoms with Gasteiger partial charge in [-0.3, -0.25) is 4.79 Å². The normalized spacial score (nSPS) is 25.5. The van der Waals surface area contributed by atoms with Gasteiger partial charge in [-0.15, -0.1) is 0 Å². The number of nitrogens with one attached hydrogen (secondary N) is 1. The lowest BCUT2D eigenvalue weighted by Crippen LogP contribution is -2.43. The second-order valence-electron chi connectivity index (χ2n) is 7.72. The Balaban J connectivity index is 1.56. The maximum atomic E-state index is 13.5. The third kappa shape index (κ3) is 3.29. The predicted molar refractivity (Wildman–Crippen MR) is 101 cm³/mol. The van der Waals surface area contributed by atoms with Crippen LogP contribution in [-0.2, 0) is 21.7 Å². The lowest BCUT2D eigenvalue weighted by molar-refractivity contribution is -0.272. The molecular formula is C20H19F3N4O4. The lowest BCUT2D eigenvalue weighted by Gasteiger charge is -2.27. The molecule has 2 aliphatic rings. The van der Waals surface area contributed by atoms with E-state index < -0.39 is 29.3 Å². The van der Waals surface area contributed by atoms with Gasteiger partial charge in [0, 0.05) is 5.56 Å². The van der Waals surface area contributed by atoms with Gasteiger partial charge >= 0.3 is 18.2 Å². The smallest absolute Gasteiger partial charge is 0.421 e. The number of hydrogen-bond acceptors (Lipinski definition) is 6. The topological polar surface area (TPSA) is 93.7 Å². The first-order valence-electron chi connectivity index (χ1n) is 9.49. The van der Waals surface area contributed by atoms with Gasteiger partial charge in [0.15, 0.2) is 5.60 Å². The molecule has 8 nitrogen and oxygen atoms in total. The van der Waals surface area contributed by atoms with Gasteiger partial charge in [-0.25, -0.2) is 19.7 Å². The minimum absolute atomic E-state index is 0.0349. The minimum atomic E-state index is -4.59. The number of imide groups is 1. The summed E-state index contributed by atoms with van der Waals surface area (Å²) in [5, 5.41) is 2.62. The summed E-state index contributed by atoms with van der Waals surface area (Å²) in [4.78, 5) is 33.6. The highest BCUT2D eigenvalue weighted by molar-refractivity contribution is 6.23. The molecule has 0 spiro atoms. The van der Waals surface area contributed by atoms with Crippen molar-refractivity contribution < 1.29 is 32.2 Å². The van der Waals surface area contributed by atoms with Crippen molar-refractivity contribution in [3.63, 3.8) is 0 Å². The molecule has 11 heteroatoms. The number of aromatic nitrogens is 2. The molecular weight excluding hydrogens is 417 g/mol. The highest BCUT2D eigenvalue weighted by atomic mass is 19.4. The van der Waals surface area contributed by atoms with Crippen molar-refractivity contribution in [2.75, 3.05) is 4.90 Å². The molecule has 2 aliphatic heterocycles. The molecule has 1 saturated heterocycles. The van der Waals surface area contributed by atoms with E-state index in [9.17, 15) is 22.8 Å². The fraction of sp³-hybridized carbons (Fsp3) is 0.400. The molecule has 1 fully saturated rings. The van der Waals surface area contributed by atoms with E-state index in [1.54, 1.807) is 13.8 Å². The average molecular weight is 436 g/mol. The summed E-state index contributed by atoms with van der Waals surface area (Å²) in [5.41, 5.74) is -2.90. The van der Waals surface area contributed by atoms with Crippen molar-refractivity contribution in [2.24, 2.45) is 0 Å². The number of fused-ring (bicyclic) bond motifs is 1. The predicted octanol–water partition coefficient (Wildman–Crippen LogP) is 3.80. The quantitative estimate of drug-likeness (QED) is 0.733. The van der Waals surface area contributed by atoms with E-state index in [2.05, 4.69) is 15.3 Å². The first-order chi connectivity index (χ1) is 14.5. The van der Waals surface area contributed by atoms with Crippen molar-refractivity contribution in [1.82, 2.24) is 15.3 Å². The van der Waals surface area contributed by atoms with Gasteiger partial charge < -0.3 is 14.8 Å². The maximum absolute atomic E-state index is 13.5. The van der Waals surface area contributed by atoms with Gasteiger partial charge in [-0.2, -0.15) is 13.2 Å². The molecule has 0 radical (unpaired) electrons. The monoisotopic (exact) mass is 436 g/mol. The molecule has 3 amide bonds. The number of rotatable bonds is 4. The number of carbonyl (C=O) groups excluding carboxylic acids is 2. The highest BCUT2D eigenvalue weighted by Crippen LogP contribution is 2.48. The molecule has 0 aliphatic carbocycles. The number of benzene rings is 1. The van der Waals surface area contributed by atoms with E-state index in [0.29, 0.717) is 12.0 Å². The van der Waals surface area contributed by atoms with E-state index in [0.717, 1.165) is 11.8 Å². The molecule has 164 valence electrons.